The molecule has 10 heteroatoms. The number of nitrogen functional groups attached to an aromatic ring is 1. The molecule has 260 valence electrons. The highest BCUT2D eigenvalue weighted by Crippen LogP contribution is 2.30. The van der Waals surface area contributed by atoms with E-state index >= 15 is 0 Å². The van der Waals surface area contributed by atoms with Gasteiger partial charge >= 0.3 is 11.9 Å². The number of aryl methyl sites for hydroxylation is 2. The fraction of sp³-hybridized carbons (Fsp3) is 0.0476. The fourth-order valence-electron chi connectivity index (χ4n) is 5.32. The molecule has 6 aromatic carbocycles. The summed E-state index contributed by atoms with van der Waals surface area (Å²) >= 11 is 0. The molecule has 10 nitrogen and oxygen atoms in total. The standard InChI is InChI=1S/C21H16N2O4.C21H20N2O2/c24-21(25)17-13-12-16(11-10-15-6-2-1-3-7-15)14-19(17)22-18-8-4-5-9-20(18)23(26)27;22-18-8-4-5-9-19(18)23-20-14-16(12-13-17(20)21(24)25)11-10-15-6-2-1-3-7-15/h1-14,22H,(H,24,25);1-9,12-14,23H,10-11,22H2,(H,24,25)/b11-10+;. The molecule has 6 N–H and O–H groups in total. The Morgan fingerprint density at radius 2 is 1.10 bits per heavy atom. The Morgan fingerprint density at radius 1 is 0.577 bits per heavy atom. The summed E-state index contributed by atoms with van der Waals surface area (Å²) < 4.78 is 0. The lowest BCUT2D eigenvalue weighted by molar-refractivity contribution is -0.383. The summed E-state index contributed by atoms with van der Waals surface area (Å²) in [5.41, 5.74) is 12.5. The van der Waals surface area contributed by atoms with Crippen molar-refractivity contribution in [1.29, 1.82) is 0 Å². The molecule has 0 aliphatic heterocycles. The Bertz CT molecular complexity index is 2200. The Morgan fingerprint density at radius 3 is 1.75 bits per heavy atom. The van der Waals surface area contributed by atoms with Gasteiger partial charge < -0.3 is 26.6 Å². The second kappa shape index (κ2) is 17.5. The van der Waals surface area contributed by atoms with Crippen LogP contribution in [-0.4, -0.2) is 27.1 Å². The monoisotopic (exact) mass is 692 g/mol. The van der Waals surface area contributed by atoms with E-state index < -0.39 is 16.9 Å². The third kappa shape index (κ3) is 9.93. The minimum Gasteiger partial charge on any atom is -0.478 e. The molecule has 6 aromatic rings. The number of rotatable bonds is 12. The Kier molecular flexibility index (Phi) is 12.1. The van der Waals surface area contributed by atoms with E-state index in [0.29, 0.717) is 17.1 Å². The lowest BCUT2D eigenvalue weighted by Gasteiger charge is -2.13. The second-order valence-corrected chi connectivity index (χ2v) is 11.6. The number of carboxylic acid groups (broad SMARTS) is 2. The van der Waals surface area contributed by atoms with Crippen molar-refractivity contribution < 1.29 is 24.7 Å². The van der Waals surface area contributed by atoms with Crippen LogP contribution in [0.15, 0.2) is 146 Å². The molecule has 0 bridgehead atoms. The quantitative estimate of drug-likeness (QED) is 0.0363. The first-order chi connectivity index (χ1) is 25.2. The van der Waals surface area contributed by atoms with E-state index in [4.69, 9.17) is 5.73 Å². The Balaban J connectivity index is 0.000000202. The number of aromatic carboxylic acids is 2. The summed E-state index contributed by atoms with van der Waals surface area (Å²) in [7, 11) is 0. The number of nitrogens with zero attached hydrogens (tertiary/aromatic N) is 1. The topological polar surface area (TPSA) is 168 Å². The SMILES string of the molecule is Nc1ccccc1Nc1cc(CCc2ccccc2)ccc1C(=O)O.O=C(O)c1ccc(/C=C/c2ccccc2)cc1Nc1ccccc1[N+](=O)[O-]. The number of benzene rings is 6. The molecular formula is C42H36N4O6. The van der Waals surface area contributed by atoms with Crippen LogP contribution >= 0.6 is 0 Å². The van der Waals surface area contributed by atoms with Crippen molar-refractivity contribution in [1.82, 2.24) is 0 Å². The molecule has 0 spiro atoms. The average molecular weight is 693 g/mol. The number of carbonyl (C=O) groups is 2. The Hall–Kier alpha value is -7.20. The number of nitrogens with two attached hydrogens (primary N) is 1. The van der Waals surface area contributed by atoms with Crippen molar-refractivity contribution in [2.75, 3.05) is 16.4 Å². The zero-order valence-electron chi connectivity index (χ0n) is 28.0. The number of nitro groups is 1. The summed E-state index contributed by atoms with van der Waals surface area (Å²) in [4.78, 5) is 33.7. The number of nitro benzene ring substituents is 1. The number of anilines is 5. The minimum absolute atomic E-state index is 0.0324. The first kappa shape index (κ1) is 36.1. The fourth-order valence-corrected chi connectivity index (χ4v) is 5.32. The third-order valence-electron chi connectivity index (χ3n) is 8.00. The van der Waals surface area contributed by atoms with Crippen LogP contribution in [0.4, 0.5) is 34.1 Å². The number of carboxylic acids is 2. The van der Waals surface area contributed by atoms with E-state index in [1.807, 2.05) is 91.0 Å². The van der Waals surface area contributed by atoms with Gasteiger partial charge in [-0.05, 0) is 77.6 Å². The van der Waals surface area contributed by atoms with Crippen molar-refractivity contribution in [2.24, 2.45) is 0 Å². The molecule has 0 aromatic heterocycles. The molecule has 0 heterocycles. The first-order valence-electron chi connectivity index (χ1n) is 16.3. The van der Waals surface area contributed by atoms with Gasteiger partial charge in [-0.15, -0.1) is 0 Å². The number of nitrogens with one attached hydrogen (secondary N) is 2. The van der Waals surface area contributed by atoms with E-state index in [-0.39, 0.29) is 28.2 Å². The molecule has 0 saturated heterocycles. The summed E-state index contributed by atoms with van der Waals surface area (Å²) in [6.45, 7) is 0. The van der Waals surface area contributed by atoms with Crippen LogP contribution in [0.5, 0.6) is 0 Å². The van der Waals surface area contributed by atoms with Crippen molar-refractivity contribution in [2.45, 2.75) is 12.8 Å². The highest BCUT2D eigenvalue weighted by atomic mass is 16.6. The summed E-state index contributed by atoms with van der Waals surface area (Å²) in [6, 6.07) is 43.5. The summed E-state index contributed by atoms with van der Waals surface area (Å²) in [6.07, 6.45) is 5.50. The van der Waals surface area contributed by atoms with Gasteiger partial charge in [0.05, 0.1) is 38.8 Å². The van der Waals surface area contributed by atoms with Crippen LogP contribution in [0, 0.1) is 10.1 Å². The minimum atomic E-state index is -1.12. The molecule has 6 rings (SSSR count). The smallest absolute Gasteiger partial charge is 0.337 e. The molecule has 0 saturated carbocycles. The van der Waals surface area contributed by atoms with E-state index in [9.17, 15) is 29.9 Å². The lowest BCUT2D eigenvalue weighted by atomic mass is 10.0. The number of hydrogen-bond acceptors (Lipinski definition) is 7. The average Bonchev–Trinajstić information content (AvgIpc) is 3.15. The maximum absolute atomic E-state index is 11.5. The summed E-state index contributed by atoms with van der Waals surface area (Å²) in [5.74, 6) is -2.08. The molecule has 0 aliphatic rings. The maximum Gasteiger partial charge on any atom is 0.337 e. The molecule has 0 unspecified atom stereocenters. The van der Waals surface area contributed by atoms with Gasteiger partial charge in [0.15, 0.2) is 0 Å². The maximum atomic E-state index is 11.5. The molecule has 0 atom stereocenters. The normalized spacial score (nSPS) is 10.5. The zero-order valence-corrected chi connectivity index (χ0v) is 28.0. The highest BCUT2D eigenvalue weighted by Gasteiger charge is 2.17. The predicted molar refractivity (Wildman–Crippen MR) is 207 cm³/mol. The van der Waals surface area contributed by atoms with Crippen LogP contribution < -0.4 is 16.4 Å². The van der Waals surface area contributed by atoms with E-state index in [0.717, 1.165) is 29.5 Å². The van der Waals surface area contributed by atoms with Gasteiger partial charge in [0.1, 0.15) is 5.69 Å². The second-order valence-electron chi connectivity index (χ2n) is 11.6. The molecule has 52 heavy (non-hydrogen) atoms. The largest absolute Gasteiger partial charge is 0.478 e. The summed E-state index contributed by atoms with van der Waals surface area (Å²) in [5, 5.41) is 36.1. The first-order valence-corrected chi connectivity index (χ1v) is 16.3. The molecular weight excluding hydrogens is 656 g/mol. The van der Waals surface area contributed by atoms with Crippen molar-refractivity contribution in [3.8, 4) is 0 Å². The van der Waals surface area contributed by atoms with Crippen molar-refractivity contribution in [3.05, 3.63) is 189 Å². The van der Waals surface area contributed by atoms with E-state index in [2.05, 4.69) is 22.8 Å². The zero-order chi connectivity index (χ0) is 36.9. The number of para-hydroxylation sites is 4. The van der Waals surface area contributed by atoms with Crippen LogP contribution in [0.25, 0.3) is 12.2 Å². The molecule has 0 radical (unpaired) electrons. The van der Waals surface area contributed by atoms with E-state index in [1.165, 1.54) is 23.8 Å². The third-order valence-corrected chi connectivity index (χ3v) is 8.00. The lowest BCUT2D eigenvalue weighted by Crippen LogP contribution is -2.05. The van der Waals surface area contributed by atoms with Gasteiger partial charge in [0, 0.05) is 6.07 Å². The van der Waals surface area contributed by atoms with Gasteiger partial charge in [0.2, 0.25) is 0 Å². The van der Waals surface area contributed by atoms with E-state index in [1.54, 1.807) is 36.4 Å². The van der Waals surface area contributed by atoms with Gasteiger partial charge in [-0.3, -0.25) is 10.1 Å². The molecule has 0 amide bonds. The van der Waals surface area contributed by atoms with Gasteiger partial charge in [0.25, 0.3) is 5.69 Å². The van der Waals surface area contributed by atoms with Crippen molar-refractivity contribution in [3.63, 3.8) is 0 Å². The highest BCUT2D eigenvalue weighted by molar-refractivity contribution is 5.97. The van der Waals surface area contributed by atoms with Gasteiger partial charge in [-0.2, -0.15) is 0 Å². The Labute approximate surface area is 300 Å². The van der Waals surface area contributed by atoms with Crippen LogP contribution in [0.1, 0.15) is 43.0 Å². The van der Waals surface area contributed by atoms with Gasteiger partial charge in [-0.25, -0.2) is 9.59 Å². The van der Waals surface area contributed by atoms with Gasteiger partial charge in [-0.1, -0.05) is 109 Å². The number of hydrogen-bond donors (Lipinski definition) is 5. The van der Waals surface area contributed by atoms with Crippen LogP contribution in [-0.2, 0) is 12.8 Å². The van der Waals surface area contributed by atoms with Crippen molar-refractivity contribution >= 4 is 58.2 Å². The van der Waals surface area contributed by atoms with Crippen LogP contribution in [0.3, 0.4) is 0 Å². The van der Waals surface area contributed by atoms with Crippen LogP contribution in [0.2, 0.25) is 0 Å². The molecule has 0 fully saturated rings. The predicted octanol–water partition coefficient (Wildman–Crippen LogP) is 9.70. The molecule has 0 aliphatic carbocycles.